The second kappa shape index (κ2) is 25.8. The Hall–Kier alpha value is -1.51. The lowest BCUT2D eigenvalue weighted by molar-refractivity contribution is -0.153. The average molecular weight is 544 g/mol. The second-order valence-electron chi connectivity index (χ2n) is 10.6. The third-order valence-corrected chi connectivity index (χ3v) is 6.99. The number of esters is 1. The molecule has 0 radical (unpaired) electrons. The third kappa shape index (κ3) is 20.5. The topological polar surface area (TPSA) is 133 Å². The summed E-state index contributed by atoms with van der Waals surface area (Å²) in [6, 6.07) is -1.36. The van der Waals surface area contributed by atoms with Crippen LogP contribution in [0.3, 0.4) is 0 Å². The molecule has 4 N–H and O–H groups in total. The number of amides is 1. The highest BCUT2D eigenvalue weighted by molar-refractivity contribution is 5.79. The first-order chi connectivity index (χ1) is 18.4. The van der Waals surface area contributed by atoms with E-state index in [4.69, 9.17) is 4.74 Å². The summed E-state index contributed by atoms with van der Waals surface area (Å²) in [5, 5.41) is 33.0. The molecule has 0 aliphatic rings. The number of hydrogen-bond acceptors (Lipinski definition) is 7. The largest absolute Gasteiger partial charge is 0.463 e. The molecule has 0 saturated carbocycles. The zero-order chi connectivity index (χ0) is 28.4. The lowest BCUT2D eigenvalue weighted by Crippen LogP contribution is -2.53. The molecule has 0 unspecified atom stereocenters. The fourth-order valence-corrected chi connectivity index (χ4v) is 4.42. The second-order valence-corrected chi connectivity index (χ2v) is 10.6. The molecule has 0 aliphatic carbocycles. The number of nitrogens with one attached hydrogen (secondary N) is 1. The number of aliphatic hydroxyl groups excluding tert-OH is 3. The van der Waals surface area contributed by atoms with Gasteiger partial charge in [-0.25, -0.2) is 0 Å². The van der Waals surface area contributed by atoms with Crippen LogP contribution < -0.4 is 5.32 Å². The fourth-order valence-electron chi connectivity index (χ4n) is 4.42. The van der Waals surface area contributed by atoms with Crippen LogP contribution in [0.2, 0.25) is 0 Å². The molecule has 0 fully saturated rings. The van der Waals surface area contributed by atoms with Crippen LogP contribution in [-0.2, 0) is 19.1 Å². The van der Waals surface area contributed by atoms with Gasteiger partial charge in [-0.1, -0.05) is 117 Å². The molecule has 1 amide bonds. The first-order valence-corrected chi connectivity index (χ1v) is 15.3. The summed E-state index contributed by atoms with van der Waals surface area (Å²) < 4.78 is 5.02. The number of ether oxygens (including phenoxy) is 1. The van der Waals surface area contributed by atoms with E-state index >= 15 is 0 Å². The number of carbonyl (C=O) groups is 3. The number of hydrogen-bond donors (Lipinski definition) is 4. The van der Waals surface area contributed by atoms with Crippen molar-refractivity contribution in [2.45, 2.75) is 167 Å². The number of aliphatic hydroxyl groups is 3. The minimum atomic E-state index is -1.75. The van der Waals surface area contributed by atoms with Crippen LogP contribution in [0, 0.1) is 0 Å². The van der Waals surface area contributed by atoms with Gasteiger partial charge in [-0.05, 0) is 12.8 Å². The van der Waals surface area contributed by atoms with E-state index in [0.717, 1.165) is 38.5 Å². The molecule has 0 rings (SSSR count). The maximum atomic E-state index is 12.2. The Labute approximate surface area is 231 Å². The van der Waals surface area contributed by atoms with Crippen LogP contribution >= 0.6 is 0 Å². The maximum absolute atomic E-state index is 12.2. The number of carbonyl (C=O) groups excluding carboxylic acids is 3. The number of unbranched alkanes of at least 4 members (excludes halogenated alkanes) is 16. The van der Waals surface area contributed by atoms with E-state index in [1.165, 1.54) is 64.2 Å². The lowest BCUT2D eigenvalue weighted by atomic mass is 10.0. The number of rotatable bonds is 27. The molecule has 0 aliphatic heterocycles. The Morgan fingerprint density at radius 1 is 0.658 bits per heavy atom. The van der Waals surface area contributed by atoms with Crippen molar-refractivity contribution in [3.8, 4) is 0 Å². The summed E-state index contributed by atoms with van der Waals surface area (Å²) in [7, 11) is 0. The van der Waals surface area contributed by atoms with Gasteiger partial charge in [0.05, 0.1) is 0 Å². The first kappa shape index (κ1) is 36.5. The Bertz CT molecular complexity index is 587. The molecule has 4 atom stereocenters. The Balaban J connectivity index is 4.04. The van der Waals surface area contributed by atoms with Gasteiger partial charge in [-0.15, -0.1) is 0 Å². The van der Waals surface area contributed by atoms with E-state index in [-0.39, 0.29) is 12.8 Å². The van der Waals surface area contributed by atoms with E-state index in [2.05, 4.69) is 19.2 Å². The van der Waals surface area contributed by atoms with Gasteiger partial charge < -0.3 is 30.2 Å². The maximum Gasteiger partial charge on any atom is 0.305 e. The van der Waals surface area contributed by atoms with Crippen molar-refractivity contribution in [1.29, 1.82) is 0 Å². The summed E-state index contributed by atoms with van der Waals surface area (Å²) >= 11 is 0. The zero-order valence-electron chi connectivity index (χ0n) is 24.2. The Morgan fingerprint density at radius 2 is 1.08 bits per heavy atom. The van der Waals surface area contributed by atoms with Crippen LogP contribution in [0.15, 0.2) is 0 Å². The van der Waals surface area contributed by atoms with Crippen molar-refractivity contribution in [1.82, 2.24) is 5.32 Å². The van der Waals surface area contributed by atoms with Gasteiger partial charge in [0.15, 0.2) is 0 Å². The molecule has 0 saturated heterocycles. The highest BCUT2D eigenvalue weighted by Crippen LogP contribution is 2.13. The predicted molar refractivity (Wildman–Crippen MR) is 151 cm³/mol. The van der Waals surface area contributed by atoms with E-state index in [0.29, 0.717) is 19.1 Å². The normalized spacial score (nSPS) is 14.4. The molecule has 0 heterocycles. The average Bonchev–Trinajstić information content (AvgIpc) is 2.91. The van der Waals surface area contributed by atoms with E-state index < -0.39 is 42.8 Å². The molecule has 224 valence electrons. The van der Waals surface area contributed by atoms with Gasteiger partial charge in [0.1, 0.15) is 37.2 Å². The predicted octanol–water partition coefficient (Wildman–Crippen LogP) is 5.14. The lowest BCUT2D eigenvalue weighted by Gasteiger charge is -2.27. The molecular formula is C30H57NO7. The molecular weight excluding hydrogens is 486 g/mol. The molecule has 8 heteroatoms. The van der Waals surface area contributed by atoms with Crippen molar-refractivity contribution in [2.75, 3.05) is 6.61 Å². The molecule has 0 bridgehead atoms. The molecule has 38 heavy (non-hydrogen) atoms. The van der Waals surface area contributed by atoms with Gasteiger partial charge in [0.2, 0.25) is 5.91 Å². The fraction of sp³-hybridized carbons (Fsp3) is 0.900. The summed E-state index contributed by atoms with van der Waals surface area (Å²) in [5.74, 6) is -0.868. The van der Waals surface area contributed by atoms with Gasteiger partial charge in [0.25, 0.3) is 0 Å². The molecule has 0 aromatic heterocycles. The summed E-state index contributed by atoms with van der Waals surface area (Å²) in [6.07, 6.45) is 16.0. The summed E-state index contributed by atoms with van der Waals surface area (Å²) in [5.41, 5.74) is 0. The van der Waals surface area contributed by atoms with Crippen LogP contribution in [-0.4, -0.2) is 64.4 Å². The van der Waals surface area contributed by atoms with Crippen molar-refractivity contribution >= 4 is 18.2 Å². The SMILES string of the molecule is CCCCCCCCCCCC(=O)N[C@@H](C=O)[C@@H](O)[C@H](O)[C@H](O)COC(=O)CCCCCCCCCCC. The van der Waals surface area contributed by atoms with Gasteiger partial charge in [-0.3, -0.25) is 9.59 Å². The monoisotopic (exact) mass is 543 g/mol. The van der Waals surface area contributed by atoms with Crippen LogP contribution in [0.25, 0.3) is 0 Å². The quantitative estimate of drug-likeness (QED) is 0.0640. The highest BCUT2D eigenvalue weighted by atomic mass is 16.5. The van der Waals surface area contributed by atoms with E-state index in [9.17, 15) is 29.7 Å². The van der Waals surface area contributed by atoms with Crippen molar-refractivity contribution in [3.05, 3.63) is 0 Å². The Morgan fingerprint density at radius 3 is 1.53 bits per heavy atom. The Kier molecular flexibility index (Phi) is 24.7. The van der Waals surface area contributed by atoms with Crippen LogP contribution in [0.1, 0.15) is 142 Å². The molecule has 0 aromatic carbocycles. The van der Waals surface area contributed by atoms with Gasteiger partial charge >= 0.3 is 5.97 Å². The van der Waals surface area contributed by atoms with Gasteiger partial charge in [0, 0.05) is 12.8 Å². The first-order valence-electron chi connectivity index (χ1n) is 15.3. The van der Waals surface area contributed by atoms with Gasteiger partial charge in [-0.2, -0.15) is 0 Å². The van der Waals surface area contributed by atoms with Crippen LogP contribution in [0.5, 0.6) is 0 Å². The van der Waals surface area contributed by atoms with E-state index in [1.54, 1.807) is 0 Å². The standard InChI is InChI=1S/C30H57NO7/c1-3-5-7-9-11-13-15-17-19-21-27(34)31-25(23-32)29(36)30(37)26(33)24-38-28(35)22-20-18-16-14-12-10-8-6-4-2/h23,25-26,29-30,33,36-37H,3-22,24H2,1-2H3,(H,31,34)/t25-,26+,29+,30+/m0/s1. The molecule has 0 aromatic rings. The minimum absolute atomic E-state index is 0.224. The summed E-state index contributed by atoms with van der Waals surface area (Å²) in [4.78, 5) is 35.5. The number of aldehydes is 1. The van der Waals surface area contributed by atoms with Crippen molar-refractivity contribution < 1.29 is 34.4 Å². The van der Waals surface area contributed by atoms with Crippen molar-refractivity contribution in [3.63, 3.8) is 0 Å². The minimum Gasteiger partial charge on any atom is -0.463 e. The molecule has 8 nitrogen and oxygen atoms in total. The third-order valence-electron chi connectivity index (χ3n) is 6.99. The summed E-state index contributed by atoms with van der Waals surface area (Å²) in [6.45, 7) is 3.90. The highest BCUT2D eigenvalue weighted by Gasteiger charge is 2.32. The van der Waals surface area contributed by atoms with Crippen LogP contribution in [0.4, 0.5) is 0 Å². The van der Waals surface area contributed by atoms with Crippen molar-refractivity contribution in [2.24, 2.45) is 0 Å². The molecule has 0 spiro atoms. The zero-order valence-corrected chi connectivity index (χ0v) is 24.2. The smallest absolute Gasteiger partial charge is 0.305 e. The van der Waals surface area contributed by atoms with E-state index in [1.807, 2.05) is 0 Å².